The van der Waals surface area contributed by atoms with Crippen LogP contribution in [0.4, 0.5) is 13.2 Å². The van der Waals surface area contributed by atoms with E-state index in [1.54, 1.807) is 0 Å². The van der Waals surface area contributed by atoms with E-state index in [0.717, 1.165) is 6.07 Å². The van der Waals surface area contributed by atoms with Gasteiger partial charge in [-0.15, -0.1) is 13.2 Å². The minimum Gasteiger partial charge on any atom is -0.404 e. The zero-order valence-corrected chi connectivity index (χ0v) is 8.78. The molecule has 0 aliphatic carbocycles. The Morgan fingerprint density at radius 1 is 1.53 bits per heavy atom. The van der Waals surface area contributed by atoms with Gasteiger partial charge in [-0.2, -0.15) is 0 Å². The van der Waals surface area contributed by atoms with Crippen molar-refractivity contribution in [2.75, 3.05) is 0 Å². The number of ether oxygens (including phenoxy) is 1. The molecule has 1 aromatic heterocycles. The Morgan fingerprint density at radius 2 is 2.13 bits per heavy atom. The number of aromatic amines is 1. The fraction of sp³-hybridized carbons (Fsp3) is 0.286. The van der Waals surface area contributed by atoms with Crippen LogP contribution in [0.3, 0.4) is 0 Å². The molecule has 0 spiro atoms. The number of nitrogens with two attached hydrogens (primary N) is 1. The van der Waals surface area contributed by atoms with Crippen LogP contribution in [0, 0.1) is 0 Å². The lowest BCUT2D eigenvalue weighted by Gasteiger charge is -2.12. The minimum atomic E-state index is -4.82. The third-order valence-electron chi connectivity index (χ3n) is 1.47. The third kappa shape index (κ3) is 3.24. The van der Waals surface area contributed by atoms with Gasteiger partial charge in [0, 0.05) is 12.6 Å². The monoisotopic (exact) mass is 286 g/mol. The van der Waals surface area contributed by atoms with Gasteiger partial charge in [0.05, 0.1) is 10.2 Å². The molecule has 1 rings (SSSR count). The Kier molecular flexibility index (Phi) is 3.40. The molecule has 8 heteroatoms. The number of pyridine rings is 1. The first-order valence-corrected chi connectivity index (χ1v) is 4.50. The van der Waals surface area contributed by atoms with Crippen LogP contribution in [0.1, 0.15) is 5.69 Å². The van der Waals surface area contributed by atoms with Crippen molar-refractivity contribution >= 4 is 15.9 Å². The first-order chi connectivity index (χ1) is 6.83. The standard InChI is InChI=1S/C7H6BrF3N2O2/c8-3-1-5(15-7(9,10)11)4(2-12)13-6(3)14/h1H,2,12H2,(H,13,14). The summed E-state index contributed by atoms with van der Waals surface area (Å²) in [5.41, 5.74) is 4.48. The number of alkyl halides is 3. The molecule has 0 aromatic carbocycles. The molecular weight excluding hydrogens is 281 g/mol. The Morgan fingerprint density at radius 3 is 2.60 bits per heavy atom. The molecule has 1 aromatic rings. The highest BCUT2D eigenvalue weighted by molar-refractivity contribution is 9.10. The van der Waals surface area contributed by atoms with Crippen LogP contribution < -0.4 is 16.0 Å². The number of H-pyrrole nitrogens is 1. The molecule has 84 valence electrons. The van der Waals surface area contributed by atoms with Crippen molar-refractivity contribution in [2.24, 2.45) is 5.73 Å². The van der Waals surface area contributed by atoms with Crippen LogP contribution in [0.5, 0.6) is 5.75 Å². The highest BCUT2D eigenvalue weighted by Gasteiger charge is 2.32. The van der Waals surface area contributed by atoms with Gasteiger partial charge in [0.15, 0.2) is 5.75 Å². The topological polar surface area (TPSA) is 68.1 Å². The molecule has 0 atom stereocenters. The van der Waals surface area contributed by atoms with Crippen LogP contribution in [-0.2, 0) is 6.54 Å². The van der Waals surface area contributed by atoms with E-state index in [0.29, 0.717) is 0 Å². The van der Waals surface area contributed by atoms with E-state index in [9.17, 15) is 18.0 Å². The van der Waals surface area contributed by atoms with E-state index in [4.69, 9.17) is 5.73 Å². The summed E-state index contributed by atoms with van der Waals surface area (Å²) < 4.78 is 39.4. The molecule has 0 saturated heterocycles. The highest BCUT2D eigenvalue weighted by Crippen LogP contribution is 2.26. The maximum atomic E-state index is 11.9. The van der Waals surface area contributed by atoms with Crippen LogP contribution in [0.2, 0.25) is 0 Å². The van der Waals surface area contributed by atoms with Gasteiger partial charge in [-0.3, -0.25) is 4.79 Å². The van der Waals surface area contributed by atoms with Crippen molar-refractivity contribution in [3.8, 4) is 5.75 Å². The van der Waals surface area contributed by atoms with Gasteiger partial charge in [-0.05, 0) is 15.9 Å². The Hall–Kier alpha value is -1.02. The van der Waals surface area contributed by atoms with Gasteiger partial charge in [0.2, 0.25) is 0 Å². The molecule has 0 radical (unpaired) electrons. The van der Waals surface area contributed by atoms with E-state index in [2.05, 4.69) is 25.7 Å². The van der Waals surface area contributed by atoms with Crippen molar-refractivity contribution in [2.45, 2.75) is 12.9 Å². The maximum Gasteiger partial charge on any atom is 0.573 e. The number of rotatable bonds is 2. The Balaban J connectivity index is 3.16. The molecule has 0 saturated carbocycles. The molecule has 0 bridgehead atoms. The lowest BCUT2D eigenvalue weighted by atomic mass is 10.3. The summed E-state index contributed by atoms with van der Waals surface area (Å²) in [4.78, 5) is 13.2. The summed E-state index contributed by atoms with van der Waals surface area (Å²) in [7, 11) is 0. The fourth-order valence-corrected chi connectivity index (χ4v) is 1.20. The second-order valence-electron chi connectivity index (χ2n) is 2.54. The van der Waals surface area contributed by atoms with Crippen molar-refractivity contribution in [3.63, 3.8) is 0 Å². The largest absolute Gasteiger partial charge is 0.573 e. The molecule has 1 heterocycles. The zero-order valence-electron chi connectivity index (χ0n) is 7.19. The molecule has 0 unspecified atom stereocenters. The zero-order chi connectivity index (χ0) is 11.6. The van der Waals surface area contributed by atoms with E-state index in [1.807, 2.05) is 0 Å². The highest BCUT2D eigenvalue weighted by atomic mass is 79.9. The number of aromatic nitrogens is 1. The average molecular weight is 287 g/mol. The van der Waals surface area contributed by atoms with Crippen molar-refractivity contribution < 1.29 is 17.9 Å². The Bertz CT molecular complexity index is 416. The van der Waals surface area contributed by atoms with Gasteiger partial charge < -0.3 is 15.5 Å². The van der Waals surface area contributed by atoms with Crippen LogP contribution >= 0.6 is 15.9 Å². The molecule has 0 aliphatic heterocycles. The summed E-state index contributed by atoms with van der Waals surface area (Å²) in [6.07, 6.45) is -4.82. The van der Waals surface area contributed by atoms with E-state index < -0.39 is 17.7 Å². The SMILES string of the molecule is NCc1[nH]c(=O)c(Br)cc1OC(F)(F)F. The number of halogens is 4. The van der Waals surface area contributed by atoms with Crippen molar-refractivity contribution in [1.29, 1.82) is 0 Å². The normalized spacial score (nSPS) is 11.5. The molecule has 0 fully saturated rings. The van der Waals surface area contributed by atoms with Gasteiger partial charge in [0.25, 0.3) is 5.56 Å². The van der Waals surface area contributed by atoms with Gasteiger partial charge in [0.1, 0.15) is 0 Å². The second-order valence-corrected chi connectivity index (χ2v) is 3.40. The minimum absolute atomic E-state index is 0.0565. The molecule has 4 nitrogen and oxygen atoms in total. The lowest BCUT2D eigenvalue weighted by Crippen LogP contribution is -2.21. The van der Waals surface area contributed by atoms with E-state index >= 15 is 0 Å². The predicted octanol–water partition coefficient (Wildman–Crippen LogP) is 1.49. The second kappa shape index (κ2) is 4.23. The van der Waals surface area contributed by atoms with E-state index in [1.165, 1.54) is 0 Å². The quantitative estimate of drug-likeness (QED) is 0.866. The molecule has 3 N–H and O–H groups in total. The van der Waals surface area contributed by atoms with Gasteiger partial charge >= 0.3 is 6.36 Å². The summed E-state index contributed by atoms with van der Waals surface area (Å²) in [5.74, 6) is -0.517. The number of hydrogen-bond donors (Lipinski definition) is 2. The Labute approximate surface area is 90.4 Å². The van der Waals surface area contributed by atoms with Crippen LogP contribution in [0.15, 0.2) is 15.3 Å². The fourth-order valence-electron chi connectivity index (χ4n) is 0.893. The average Bonchev–Trinajstić information content (AvgIpc) is 2.08. The first-order valence-electron chi connectivity index (χ1n) is 3.71. The summed E-state index contributed by atoms with van der Waals surface area (Å²) >= 11 is 2.79. The first kappa shape index (κ1) is 12.1. The number of hydrogen-bond acceptors (Lipinski definition) is 3. The number of nitrogens with one attached hydrogen (secondary N) is 1. The van der Waals surface area contributed by atoms with Gasteiger partial charge in [-0.1, -0.05) is 0 Å². The summed E-state index contributed by atoms with van der Waals surface area (Å²) in [6, 6.07) is 0.925. The molecular formula is C7H6BrF3N2O2. The maximum absolute atomic E-state index is 11.9. The van der Waals surface area contributed by atoms with Crippen molar-refractivity contribution in [3.05, 3.63) is 26.6 Å². The molecule has 15 heavy (non-hydrogen) atoms. The van der Waals surface area contributed by atoms with Crippen LogP contribution in [-0.4, -0.2) is 11.3 Å². The van der Waals surface area contributed by atoms with Crippen LogP contribution in [0.25, 0.3) is 0 Å². The summed E-state index contributed by atoms with van der Waals surface area (Å²) in [5, 5.41) is 0. The van der Waals surface area contributed by atoms with Crippen molar-refractivity contribution in [1.82, 2.24) is 4.98 Å². The summed E-state index contributed by atoms with van der Waals surface area (Å²) in [6.45, 7) is -0.256. The molecule has 0 aliphatic rings. The smallest absolute Gasteiger partial charge is 0.404 e. The molecule has 0 amide bonds. The predicted molar refractivity (Wildman–Crippen MR) is 49.3 cm³/mol. The third-order valence-corrected chi connectivity index (χ3v) is 2.06. The van der Waals surface area contributed by atoms with Gasteiger partial charge in [-0.25, -0.2) is 0 Å². The van der Waals surface area contributed by atoms with E-state index in [-0.39, 0.29) is 16.7 Å². The lowest BCUT2D eigenvalue weighted by molar-refractivity contribution is -0.275.